The van der Waals surface area contributed by atoms with E-state index in [1.165, 1.54) is 0 Å². The van der Waals surface area contributed by atoms with Gasteiger partial charge in [0.2, 0.25) is 16.6 Å². The van der Waals surface area contributed by atoms with Crippen molar-refractivity contribution in [3.05, 3.63) is 11.5 Å². The molecule has 1 rings (SSSR count). The van der Waals surface area contributed by atoms with Gasteiger partial charge in [0.05, 0.1) is 5.92 Å². The van der Waals surface area contributed by atoms with Crippen molar-refractivity contribution in [2.45, 2.75) is 58.3 Å². The Morgan fingerprint density at radius 1 is 0.842 bits per heavy atom. The summed E-state index contributed by atoms with van der Waals surface area (Å²) < 4.78 is 50.2. The molecule has 0 N–H and O–H groups in total. The first-order valence-corrected chi connectivity index (χ1v) is 13.3. The maximum absolute atomic E-state index is 12.9. The Hall–Kier alpha value is -0.436. The molecule has 19 heavy (non-hydrogen) atoms. The second-order valence-electron chi connectivity index (χ2n) is 6.92. The summed E-state index contributed by atoms with van der Waals surface area (Å²) in [5.41, 5.74) is 0. The van der Waals surface area contributed by atoms with Gasteiger partial charge in [0, 0.05) is 12.8 Å². The lowest BCUT2D eigenvalue weighted by molar-refractivity contribution is -0.173. The molecule has 0 radical (unpaired) electrons. The Morgan fingerprint density at radius 2 is 1.16 bits per heavy atom. The first-order valence-electron chi connectivity index (χ1n) is 6.45. The quantitative estimate of drug-likeness (QED) is 0.689. The Morgan fingerprint density at radius 3 is 1.37 bits per heavy atom. The van der Waals surface area contributed by atoms with Crippen LogP contribution in [-0.4, -0.2) is 22.8 Å². The van der Waals surface area contributed by atoms with E-state index < -0.39 is 28.7 Å². The van der Waals surface area contributed by atoms with Crippen LogP contribution in [0, 0.1) is 5.92 Å². The molecule has 0 atom stereocenters. The molecule has 0 bridgehead atoms. The monoisotopic (exact) mass is 312 g/mol. The highest BCUT2D eigenvalue weighted by Crippen LogP contribution is 2.44. The highest BCUT2D eigenvalue weighted by atomic mass is 28.4. The van der Waals surface area contributed by atoms with Crippen molar-refractivity contribution in [3.8, 4) is 0 Å². The Kier molecular flexibility index (Phi) is 4.51. The van der Waals surface area contributed by atoms with E-state index in [4.69, 9.17) is 8.85 Å². The molecule has 0 saturated carbocycles. The Bertz CT molecular complexity index is 337. The van der Waals surface area contributed by atoms with Crippen LogP contribution >= 0.6 is 0 Å². The molecule has 112 valence electrons. The zero-order chi connectivity index (χ0) is 15.1. The van der Waals surface area contributed by atoms with Gasteiger partial charge in [0.15, 0.2) is 0 Å². The molecule has 0 saturated heterocycles. The fraction of sp³-hybridized carbons (Fsp3) is 0.833. The molecule has 0 amide bonds. The lowest BCUT2D eigenvalue weighted by atomic mass is 10.1. The van der Waals surface area contributed by atoms with Crippen LogP contribution in [0.15, 0.2) is 11.5 Å². The number of rotatable bonds is 4. The van der Waals surface area contributed by atoms with Crippen LogP contribution in [0.4, 0.5) is 13.2 Å². The first kappa shape index (κ1) is 16.6. The highest BCUT2D eigenvalue weighted by molar-refractivity contribution is 6.70. The van der Waals surface area contributed by atoms with Crippen LogP contribution in [0.5, 0.6) is 0 Å². The number of alkyl halides is 3. The van der Waals surface area contributed by atoms with E-state index in [9.17, 15) is 13.2 Å². The maximum Gasteiger partial charge on any atom is 0.392 e. The van der Waals surface area contributed by atoms with Crippen LogP contribution in [0.2, 0.25) is 39.3 Å². The van der Waals surface area contributed by atoms with Gasteiger partial charge in [0.25, 0.3) is 0 Å². The van der Waals surface area contributed by atoms with Gasteiger partial charge in [0.1, 0.15) is 11.5 Å². The highest BCUT2D eigenvalue weighted by Gasteiger charge is 2.46. The van der Waals surface area contributed by atoms with E-state index >= 15 is 0 Å². The summed E-state index contributed by atoms with van der Waals surface area (Å²) in [5, 5.41) is 0. The summed E-state index contributed by atoms with van der Waals surface area (Å²) in [5.74, 6) is -0.488. The molecular weight excluding hydrogens is 289 g/mol. The van der Waals surface area contributed by atoms with Crippen LogP contribution < -0.4 is 0 Å². The van der Waals surface area contributed by atoms with Gasteiger partial charge in [-0.1, -0.05) is 0 Å². The smallest absolute Gasteiger partial charge is 0.392 e. The van der Waals surface area contributed by atoms with Crippen LogP contribution in [-0.2, 0) is 8.85 Å². The van der Waals surface area contributed by atoms with Gasteiger partial charge in [-0.25, -0.2) is 0 Å². The average Bonchev–Trinajstić information content (AvgIpc) is 2.41. The van der Waals surface area contributed by atoms with Crippen molar-refractivity contribution in [3.63, 3.8) is 0 Å². The third kappa shape index (κ3) is 5.60. The molecule has 1 aliphatic rings. The van der Waals surface area contributed by atoms with E-state index in [0.717, 1.165) is 0 Å². The minimum atomic E-state index is -4.18. The minimum absolute atomic E-state index is 0.0758. The second kappa shape index (κ2) is 5.16. The largest absolute Gasteiger partial charge is 0.545 e. The minimum Gasteiger partial charge on any atom is -0.545 e. The van der Waals surface area contributed by atoms with Gasteiger partial charge in [-0.3, -0.25) is 0 Å². The third-order valence-corrected chi connectivity index (χ3v) is 4.21. The van der Waals surface area contributed by atoms with Gasteiger partial charge in [-0.15, -0.1) is 0 Å². The number of hydrogen-bond acceptors (Lipinski definition) is 2. The average molecular weight is 312 g/mol. The van der Waals surface area contributed by atoms with Crippen LogP contribution in [0.3, 0.4) is 0 Å². The molecule has 7 heteroatoms. The fourth-order valence-corrected chi connectivity index (χ4v) is 3.79. The van der Waals surface area contributed by atoms with Crippen molar-refractivity contribution in [2.75, 3.05) is 0 Å². The summed E-state index contributed by atoms with van der Waals surface area (Å²) in [6, 6.07) is 0. The SMILES string of the molecule is C[Si](C)(C)OC1=C(O[Si](C)(C)C)CC(C(F)(F)F)C1. The summed E-state index contributed by atoms with van der Waals surface area (Å²) >= 11 is 0. The summed E-state index contributed by atoms with van der Waals surface area (Å²) in [4.78, 5) is 0. The Balaban J connectivity index is 2.91. The van der Waals surface area contributed by atoms with E-state index in [0.29, 0.717) is 11.5 Å². The van der Waals surface area contributed by atoms with Crippen molar-refractivity contribution in [1.29, 1.82) is 0 Å². The zero-order valence-electron chi connectivity index (χ0n) is 12.4. The number of allylic oxidation sites excluding steroid dienone is 2. The van der Waals surface area contributed by atoms with E-state index in [1.807, 2.05) is 39.3 Å². The van der Waals surface area contributed by atoms with Crippen molar-refractivity contribution < 1.29 is 22.0 Å². The molecule has 0 aromatic carbocycles. The predicted octanol–water partition coefficient (Wildman–Crippen LogP) is 4.87. The zero-order valence-corrected chi connectivity index (χ0v) is 14.4. The molecule has 0 aromatic heterocycles. The topological polar surface area (TPSA) is 18.5 Å². The maximum atomic E-state index is 12.9. The van der Waals surface area contributed by atoms with Crippen LogP contribution in [0.25, 0.3) is 0 Å². The molecule has 0 spiro atoms. The molecule has 0 fully saturated rings. The van der Waals surface area contributed by atoms with Crippen LogP contribution in [0.1, 0.15) is 12.8 Å². The molecule has 1 aliphatic carbocycles. The normalized spacial score (nSPS) is 19.0. The summed E-state index contributed by atoms with van der Waals surface area (Å²) in [6.45, 7) is 11.8. The van der Waals surface area contributed by atoms with Crippen molar-refractivity contribution >= 4 is 16.6 Å². The predicted molar refractivity (Wildman–Crippen MR) is 74.7 cm³/mol. The second-order valence-corrected chi connectivity index (χ2v) is 15.8. The molecule has 0 aliphatic heterocycles. The molecular formula is C12H23F3O2Si2. The summed E-state index contributed by atoms with van der Waals surface area (Å²) in [7, 11) is -3.84. The molecule has 2 nitrogen and oxygen atoms in total. The standard InChI is InChI=1S/C12H23F3O2Si2/c1-18(2,3)16-10-7-9(12(13,14)15)8-11(10)17-19(4,5)6/h9H,7-8H2,1-6H3. The number of halogens is 3. The fourth-order valence-electron chi connectivity index (χ4n) is 1.92. The third-order valence-electron chi connectivity index (χ3n) is 2.50. The Labute approximate surface area is 115 Å². The first-order chi connectivity index (χ1) is 8.28. The van der Waals surface area contributed by atoms with E-state index in [1.54, 1.807) is 0 Å². The lowest BCUT2D eigenvalue weighted by Gasteiger charge is -2.25. The van der Waals surface area contributed by atoms with Crippen molar-refractivity contribution in [1.82, 2.24) is 0 Å². The molecule has 0 heterocycles. The summed E-state index contributed by atoms with van der Waals surface area (Å²) in [6.07, 6.45) is -4.33. The van der Waals surface area contributed by atoms with E-state index in [-0.39, 0.29) is 12.8 Å². The van der Waals surface area contributed by atoms with Gasteiger partial charge < -0.3 is 8.85 Å². The lowest BCUT2D eigenvalue weighted by Crippen LogP contribution is -2.28. The van der Waals surface area contributed by atoms with E-state index in [2.05, 4.69) is 0 Å². The van der Waals surface area contributed by atoms with Gasteiger partial charge in [-0.2, -0.15) is 13.2 Å². The van der Waals surface area contributed by atoms with Gasteiger partial charge in [-0.05, 0) is 39.3 Å². The van der Waals surface area contributed by atoms with Crippen molar-refractivity contribution in [2.24, 2.45) is 5.92 Å². The van der Waals surface area contributed by atoms with Gasteiger partial charge >= 0.3 is 6.18 Å². The number of hydrogen-bond donors (Lipinski definition) is 0. The molecule has 0 aromatic rings. The molecule has 0 unspecified atom stereocenters.